The van der Waals surface area contributed by atoms with Gasteiger partial charge in [0.25, 0.3) is 0 Å². The van der Waals surface area contributed by atoms with E-state index in [9.17, 15) is 19.4 Å². The van der Waals surface area contributed by atoms with Crippen molar-refractivity contribution >= 4 is 13.7 Å². The molecule has 450 valence electrons. The van der Waals surface area contributed by atoms with E-state index in [1.165, 1.54) is 64.2 Å². The van der Waals surface area contributed by atoms with Gasteiger partial charge in [-0.25, -0.2) is 4.57 Å². The number of hydrogen-bond acceptors (Lipinski definition) is 5. The molecule has 9 heteroatoms. The maximum atomic E-state index is 13.0. The van der Waals surface area contributed by atoms with E-state index in [1.54, 1.807) is 6.08 Å². The molecule has 0 aliphatic heterocycles. The van der Waals surface area contributed by atoms with Gasteiger partial charge in [0.2, 0.25) is 5.91 Å². The summed E-state index contributed by atoms with van der Waals surface area (Å²) in [7, 11) is 1.49. The van der Waals surface area contributed by atoms with Crippen LogP contribution in [0.5, 0.6) is 0 Å². The number of nitrogens with one attached hydrogen (secondary N) is 1. The first-order valence-electron chi connectivity index (χ1n) is 31.2. The fraction of sp³-hybridized carbons (Fsp3) is 0.563. The lowest BCUT2D eigenvalue weighted by molar-refractivity contribution is -0.870. The van der Waals surface area contributed by atoms with Crippen LogP contribution >= 0.6 is 7.82 Å². The predicted octanol–water partition coefficient (Wildman–Crippen LogP) is 19.8. The van der Waals surface area contributed by atoms with Gasteiger partial charge in [0.05, 0.1) is 39.9 Å². The maximum Gasteiger partial charge on any atom is 0.472 e. The highest BCUT2D eigenvalue weighted by Crippen LogP contribution is 2.43. The molecule has 0 aromatic rings. The van der Waals surface area contributed by atoms with Crippen LogP contribution in [-0.4, -0.2) is 73.4 Å². The highest BCUT2D eigenvalue weighted by molar-refractivity contribution is 7.47. The van der Waals surface area contributed by atoms with Crippen molar-refractivity contribution in [2.24, 2.45) is 0 Å². The van der Waals surface area contributed by atoms with Crippen LogP contribution in [0.3, 0.4) is 0 Å². The fourth-order valence-corrected chi connectivity index (χ4v) is 8.49. The monoisotopic (exact) mass is 1120 g/mol. The third-order valence-corrected chi connectivity index (χ3v) is 13.6. The molecule has 0 fully saturated rings. The normalized spacial score (nSPS) is 15.0. The van der Waals surface area contributed by atoms with E-state index in [-0.39, 0.29) is 25.5 Å². The second kappa shape index (κ2) is 59.2. The standard InChI is InChI=1S/C71H115N2O6P/c1-6-8-10-12-14-16-18-20-22-24-26-27-28-29-30-31-32-33-34-35-36-37-38-39-40-41-42-43-44-45-47-49-51-53-55-57-59-61-63-65-71(75)72-69(68-79-80(76,77)78-67-66-73(3,4)5)70(74)64-62-60-58-56-54-52-50-48-46-25-23-21-19-17-15-13-11-9-7-2/h8,10,14,16,20,22,26-27,29-30,32-33,35-36,38-39,41-42,44-46,48-49,51,54-57,62,64,69-70,74H,6-7,9,11-13,15,17-19,21,23-25,28,31,34,37,40,43,47,50,52-53,58-61,63,65-68H2,1-5H3,(H-,72,75,76,77)/p+1/b10-8-,16-14-,22-20-,27-26-,30-29-,33-32-,36-35-,39-38-,42-41-,45-44-,48-46+,51-49-,56-54+,57-55-,64-62+. The van der Waals surface area contributed by atoms with Crippen LogP contribution in [0.25, 0.3) is 0 Å². The number of aliphatic hydroxyl groups excluding tert-OH is 1. The number of hydrogen-bond donors (Lipinski definition) is 3. The van der Waals surface area contributed by atoms with Gasteiger partial charge in [0.1, 0.15) is 13.2 Å². The minimum atomic E-state index is -4.39. The number of rotatable bonds is 54. The molecule has 1 amide bonds. The van der Waals surface area contributed by atoms with Crippen LogP contribution in [-0.2, 0) is 18.4 Å². The van der Waals surface area contributed by atoms with Crippen LogP contribution in [0.1, 0.15) is 206 Å². The Bertz CT molecular complexity index is 1950. The molecule has 0 aromatic heterocycles. The number of unbranched alkanes of at least 4 members (excludes halogenated alkanes) is 13. The largest absolute Gasteiger partial charge is 0.472 e. The zero-order valence-corrected chi connectivity index (χ0v) is 52.1. The number of quaternary nitrogens is 1. The number of aliphatic hydroxyl groups is 1. The van der Waals surface area contributed by atoms with Crippen molar-refractivity contribution in [3.05, 3.63) is 182 Å². The summed E-state index contributed by atoms with van der Waals surface area (Å²) in [6, 6.07) is -0.908. The van der Waals surface area contributed by atoms with E-state index in [0.29, 0.717) is 17.4 Å². The highest BCUT2D eigenvalue weighted by atomic mass is 31.2. The topological polar surface area (TPSA) is 105 Å². The van der Waals surface area contributed by atoms with E-state index in [1.807, 2.05) is 27.2 Å². The molecule has 80 heavy (non-hydrogen) atoms. The highest BCUT2D eigenvalue weighted by Gasteiger charge is 2.27. The molecule has 0 rings (SSSR count). The number of carbonyl (C=O) groups excluding carboxylic acids is 1. The lowest BCUT2D eigenvalue weighted by atomic mass is 10.1. The third kappa shape index (κ3) is 61.2. The number of carbonyl (C=O) groups is 1. The molecule has 0 aliphatic carbocycles. The number of amides is 1. The van der Waals surface area contributed by atoms with Gasteiger partial charge in [-0.1, -0.05) is 247 Å². The molecule has 0 saturated heterocycles. The summed E-state index contributed by atoms with van der Waals surface area (Å²) < 4.78 is 23.7. The summed E-state index contributed by atoms with van der Waals surface area (Å²) in [6.07, 6.45) is 95.9. The Morgan fingerprint density at radius 1 is 0.438 bits per heavy atom. The molecule has 3 atom stereocenters. The van der Waals surface area contributed by atoms with E-state index in [0.717, 1.165) is 116 Å². The van der Waals surface area contributed by atoms with E-state index >= 15 is 0 Å². The summed E-state index contributed by atoms with van der Waals surface area (Å²) >= 11 is 0. The van der Waals surface area contributed by atoms with Crippen molar-refractivity contribution in [2.75, 3.05) is 40.9 Å². The van der Waals surface area contributed by atoms with Crippen molar-refractivity contribution in [2.45, 2.75) is 219 Å². The van der Waals surface area contributed by atoms with E-state index < -0.39 is 20.0 Å². The minimum absolute atomic E-state index is 0.0345. The molecule has 0 bridgehead atoms. The van der Waals surface area contributed by atoms with E-state index in [2.05, 4.69) is 189 Å². The summed E-state index contributed by atoms with van der Waals surface area (Å²) in [6.45, 7) is 4.61. The van der Waals surface area contributed by atoms with Crippen LogP contribution < -0.4 is 5.32 Å². The van der Waals surface area contributed by atoms with Crippen molar-refractivity contribution in [1.82, 2.24) is 5.32 Å². The molecule has 0 radical (unpaired) electrons. The van der Waals surface area contributed by atoms with Crippen LogP contribution in [0.15, 0.2) is 182 Å². The minimum Gasteiger partial charge on any atom is -0.387 e. The van der Waals surface area contributed by atoms with Gasteiger partial charge >= 0.3 is 7.82 Å². The number of allylic oxidation sites excluding steroid dienone is 29. The van der Waals surface area contributed by atoms with Crippen molar-refractivity contribution in [3.63, 3.8) is 0 Å². The Hall–Kier alpha value is -4.40. The molecule has 0 heterocycles. The lowest BCUT2D eigenvalue weighted by Crippen LogP contribution is -2.45. The molecule has 0 aliphatic rings. The Morgan fingerprint density at radius 3 is 1.15 bits per heavy atom. The first-order chi connectivity index (χ1) is 39.0. The molecule has 0 spiro atoms. The van der Waals surface area contributed by atoms with Crippen LogP contribution in [0.2, 0.25) is 0 Å². The third-order valence-electron chi connectivity index (χ3n) is 12.6. The van der Waals surface area contributed by atoms with Crippen LogP contribution in [0, 0.1) is 0 Å². The fourth-order valence-electron chi connectivity index (χ4n) is 7.76. The quantitative estimate of drug-likeness (QED) is 0.0243. The Morgan fingerprint density at radius 2 is 0.762 bits per heavy atom. The van der Waals surface area contributed by atoms with Gasteiger partial charge < -0.3 is 19.8 Å². The number of phosphoric ester groups is 1. The van der Waals surface area contributed by atoms with Gasteiger partial charge in [-0.15, -0.1) is 0 Å². The predicted molar refractivity (Wildman–Crippen MR) is 350 cm³/mol. The molecule has 8 nitrogen and oxygen atoms in total. The lowest BCUT2D eigenvalue weighted by Gasteiger charge is -2.25. The Kier molecular flexibility index (Phi) is 56.0. The maximum absolute atomic E-state index is 13.0. The van der Waals surface area contributed by atoms with Gasteiger partial charge in [0.15, 0.2) is 0 Å². The summed E-state index contributed by atoms with van der Waals surface area (Å²) in [5, 5.41) is 13.9. The first-order valence-corrected chi connectivity index (χ1v) is 32.7. The number of nitrogens with zero attached hydrogens (tertiary/aromatic N) is 1. The second-order valence-electron chi connectivity index (χ2n) is 21.3. The zero-order valence-electron chi connectivity index (χ0n) is 51.2. The molecule has 0 saturated carbocycles. The summed E-state index contributed by atoms with van der Waals surface area (Å²) in [5.41, 5.74) is 0. The Labute approximate surface area is 491 Å². The molecular formula is C71H116N2O6P+. The first kappa shape index (κ1) is 75.6. The van der Waals surface area contributed by atoms with Crippen molar-refractivity contribution in [1.29, 1.82) is 0 Å². The van der Waals surface area contributed by atoms with Crippen molar-refractivity contribution in [3.8, 4) is 0 Å². The molecule has 3 unspecified atom stereocenters. The van der Waals surface area contributed by atoms with Gasteiger partial charge in [0, 0.05) is 6.42 Å². The molecule has 3 N–H and O–H groups in total. The average molecular weight is 1120 g/mol. The number of phosphoric acid groups is 1. The summed E-state index contributed by atoms with van der Waals surface area (Å²) in [4.78, 5) is 23.3. The summed E-state index contributed by atoms with van der Waals surface area (Å²) in [5.74, 6) is -0.241. The number of likely N-dealkylation sites (N-methyl/N-ethyl adjacent to an activating group) is 1. The smallest absolute Gasteiger partial charge is 0.387 e. The van der Waals surface area contributed by atoms with Gasteiger partial charge in [-0.3, -0.25) is 13.8 Å². The Balaban J connectivity index is 4.34. The van der Waals surface area contributed by atoms with Crippen LogP contribution in [0.4, 0.5) is 0 Å². The zero-order chi connectivity index (χ0) is 58.4. The average Bonchev–Trinajstić information content (AvgIpc) is 3.42. The SMILES string of the molecule is CC/C=C\C/C=C\C/C=C\C/C=C\C/C=C\C/C=C\C/C=C\C/C=C\C/C=C\C/C=C\C/C=C\C/C=C\CCCCC(=O)NC(COP(=O)(O)OCC[N+](C)(C)C)C(O)/C=C/CC/C=C/CC/C=C/CCCCCCCCCCC. The van der Waals surface area contributed by atoms with E-state index in [4.69, 9.17) is 9.05 Å². The van der Waals surface area contributed by atoms with Gasteiger partial charge in [-0.2, -0.15) is 0 Å². The second-order valence-corrected chi connectivity index (χ2v) is 22.8. The molecule has 0 aromatic carbocycles. The molecular weight excluding hydrogens is 1010 g/mol. The van der Waals surface area contributed by atoms with Crippen molar-refractivity contribution < 1.29 is 32.9 Å². The van der Waals surface area contributed by atoms with Gasteiger partial charge in [-0.05, 0) is 135 Å².